The van der Waals surface area contributed by atoms with Crippen molar-refractivity contribution in [1.29, 1.82) is 0 Å². The number of nitro groups is 1. The quantitative estimate of drug-likeness (QED) is 0.690. The van der Waals surface area contributed by atoms with Gasteiger partial charge in [-0.3, -0.25) is 14.9 Å². The third kappa shape index (κ3) is 2.41. The molecule has 116 valence electrons. The van der Waals surface area contributed by atoms with Gasteiger partial charge in [-0.25, -0.2) is 4.68 Å². The van der Waals surface area contributed by atoms with Crippen molar-refractivity contribution in [3.63, 3.8) is 0 Å². The van der Waals surface area contributed by atoms with Gasteiger partial charge in [-0.05, 0) is 25.3 Å². The Morgan fingerprint density at radius 3 is 2.95 bits per heavy atom. The summed E-state index contributed by atoms with van der Waals surface area (Å²) in [4.78, 5) is 22.5. The van der Waals surface area contributed by atoms with Crippen LogP contribution in [0.3, 0.4) is 0 Å². The van der Waals surface area contributed by atoms with Gasteiger partial charge in [-0.1, -0.05) is 0 Å². The predicted octanol–water partition coefficient (Wildman–Crippen LogP) is 2.00. The highest BCUT2D eigenvalue weighted by molar-refractivity contribution is 6.05. The maximum Gasteiger partial charge on any atom is 0.272 e. The van der Waals surface area contributed by atoms with Crippen molar-refractivity contribution < 1.29 is 14.5 Å². The summed E-state index contributed by atoms with van der Waals surface area (Å²) < 4.78 is 7.37. The van der Waals surface area contributed by atoms with Gasteiger partial charge in [0.15, 0.2) is 11.9 Å². The van der Waals surface area contributed by atoms with Gasteiger partial charge < -0.3 is 10.1 Å². The Morgan fingerprint density at radius 2 is 2.32 bits per heavy atom. The first-order valence-corrected chi connectivity index (χ1v) is 7.12. The largest absolute Gasteiger partial charge is 0.356 e. The summed E-state index contributed by atoms with van der Waals surface area (Å²) in [6, 6.07) is 4.41. The molecular weight excluding hydrogens is 288 g/mol. The molecule has 1 unspecified atom stereocenters. The number of rotatable bonds is 3. The van der Waals surface area contributed by atoms with Gasteiger partial charge in [0.25, 0.3) is 11.6 Å². The molecule has 0 bridgehead atoms. The number of ether oxygens (including phenoxy) is 1. The van der Waals surface area contributed by atoms with Gasteiger partial charge in [-0.15, -0.1) is 0 Å². The van der Waals surface area contributed by atoms with E-state index in [4.69, 9.17) is 4.74 Å². The number of carbonyl (C=O) groups is 1. The van der Waals surface area contributed by atoms with Crippen molar-refractivity contribution >= 4 is 22.5 Å². The first-order valence-electron chi connectivity index (χ1n) is 7.12. The number of fused-ring (bicyclic) bond motifs is 1. The van der Waals surface area contributed by atoms with Gasteiger partial charge in [-0.2, -0.15) is 5.10 Å². The average Bonchev–Trinajstić information content (AvgIpc) is 2.93. The average molecular weight is 304 g/mol. The minimum absolute atomic E-state index is 0.0678. The molecule has 8 heteroatoms. The van der Waals surface area contributed by atoms with E-state index >= 15 is 0 Å². The van der Waals surface area contributed by atoms with E-state index in [-0.39, 0.29) is 23.5 Å². The summed E-state index contributed by atoms with van der Waals surface area (Å²) in [5.41, 5.74) is 0.772. The van der Waals surface area contributed by atoms with E-state index in [1.165, 1.54) is 19.2 Å². The predicted molar refractivity (Wildman–Crippen MR) is 78.6 cm³/mol. The lowest BCUT2D eigenvalue weighted by molar-refractivity contribution is -0.384. The molecule has 1 amide bonds. The molecule has 0 saturated carbocycles. The summed E-state index contributed by atoms with van der Waals surface area (Å²) >= 11 is 0. The van der Waals surface area contributed by atoms with Gasteiger partial charge >= 0.3 is 0 Å². The summed E-state index contributed by atoms with van der Waals surface area (Å²) in [6.07, 6.45) is 2.59. The highest BCUT2D eigenvalue weighted by Crippen LogP contribution is 2.30. The molecule has 0 radical (unpaired) electrons. The number of nitro benzene ring substituents is 1. The lowest BCUT2D eigenvalue weighted by Crippen LogP contribution is -2.21. The number of non-ortho nitro benzene ring substituents is 1. The molecule has 1 aromatic carbocycles. The fraction of sp³-hybridized carbons (Fsp3) is 0.429. The van der Waals surface area contributed by atoms with Crippen LogP contribution in [0.5, 0.6) is 0 Å². The monoisotopic (exact) mass is 304 g/mol. The smallest absolute Gasteiger partial charge is 0.272 e. The third-order valence-electron chi connectivity index (χ3n) is 3.77. The minimum Gasteiger partial charge on any atom is -0.356 e. The molecule has 0 aliphatic carbocycles. The Balaban J connectivity index is 2.16. The zero-order valence-corrected chi connectivity index (χ0v) is 12.1. The Kier molecular flexibility index (Phi) is 3.76. The molecular formula is C14H16N4O4. The molecule has 1 aromatic heterocycles. The molecule has 1 saturated heterocycles. The molecule has 2 aromatic rings. The molecule has 1 aliphatic rings. The number of aromatic nitrogens is 2. The normalized spacial score (nSPS) is 18.3. The topological polar surface area (TPSA) is 99.3 Å². The van der Waals surface area contributed by atoms with E-state index in [0.29, 0.717) is 17.5 Å². The molecule has 1 N–H and O–H groups in total. The maximum absolute atomic E-state index is 12.0. The van der Waals surface area contributed by atoms with E-state index in [0.717, 1.165) is 19.3 Å². The molecule has 2 heterocycles. The van der Waals surface area contributed by atoms with E-state index < -0.39 is 4.92 Å². The van der Waals surface area contributed by atoms with Gasteiger partial charge in [0, 0.05) is 31.2 Å². The second-order valence-electron chi connectivity index (χ2n) is 5.15. The highest BCUT2D eigenvalue weighted by Gasteiger charge is 2.24. The van der Waals surface area contributed by atoms with Crippen LogP contribution in [0.1, 0.15) is 36.0 Å². The first-order chi connectivity index (χ1) is 10.6. The summed E-state index contributed by atoms with van der Waals surface area (Å²) in [5.74, 6) is -0.375. The van der Waals surface area contributed by atoms with Crippen molar-refractivity contribution in [3.8, 4) is 0 Å². The number of nitrogens with zero attached hydrogens (tertiary/aromatic N) is 3. The van der Waals surface area contributed by atoms with Gasteiger partial charge in [0.05, 0.1) is 10.4 Å². The Hall–Kier alpha value is -2.48. The van der Waals surface area contributed by atoms with Crippen LogP contribution < -0.4 is 5.32 Å². The number of benzene rings is 1. The second-order valence-corrected chi connectivity index (χ2v) is 5.15. The van der Waals surface area contributed by atoms with Crippen molar-refractivity contribution in [3.05, 3.63) is 34.0 Å². The van der Waals surface area contributed by atoms with Crippen LogP contribution in [0.25, 0.3) is 10.9 Å². The standard InChI is InChI=1S/C14H16N4O4/c1-15-14(19)13-10-8-9(18(20)21)5-6-11(10)17(16-13)12-4-2-3-7-22-12/h5-6,8,12H,2-4,7H2,1H3,(H,15,19). The van der Waals surface area contributed by atoms with Crippen LogP contribution in [0.4, 0.5) is 5.69 Å². The van der Waals surface area contributed by atoms with Gasteiger partial charge in [0.1, 0.15) is 0 Å². The summed E-state index contributed by atoms with van der Waals surface area (Å²) in [6.45, 7) is 0.647. The van der Waals surface area contributed by atoms with Crippen LogP contribution >= 0.6 is 0 Å². The van der Waals surface area contributed by atoms with Crippen molar-refractivity contribution in [2.24, 2.45) is 0 Å². The summed E-state index contributed by atoms with van der Waals surface area (Å²) in [5, 5.41) is 18.3. The molecule has 1 fully saturated rings. The second kappa shape index (κ2) is 5.72. The van der Waals surface area contributed by atoms with E-state index in [2.05, 4.69) is 10.4 Å². The molecule has 22 heavy (non-hydrogen) atoms. The molecule has 3 rings (SSSR count). The number of carbonyl (C=O) groups excluding carboxylic acids is 1. The van der Waals surface area contributed by atoms with Crippen LogP contribution in [0, 0.1) is 10.1 Å². The zero-order valence-electron chi connectivity index (χ0n) is 12.1. The highest BCUT2D eigenvalue weighted by atomic mass is 16.6. The zero-order chi connectivity index (χ0) is 15.7. The van der Waals surface area contributed by atoms with Crippen molar-refractivity contribution in [2.45, 2.75) is 25.5 Å². The van der Waals surface area contributed by atoms with Crippen LogP contribution in [-0.2, 0) is 4.74 Å². The Morgan fingerprint density at radius 1 is 1.50 bits per heavy atom. The lowest BCUT2D eigenvalue weighted by atomic mass is 10.1. The van der Waals surface area contributed by atoms with Crippen LogP contribution in [0.15, 0.2) is 18.2 Å². The molecule has 1 aliphatic heterocycles. The van der Waals surface area contributed by atoms with Crippen LogP contribution in [-0.4, -0.2) is 34.3 Å². The molecule has 0 spiro atoms. The Labute approximate surface area is 126 Å². The van der Waals surface area contributed by atoms with E-state index in [1.54, 1.807) is 10.7 Å². The van der Waals surface area contributed by atoms with Crippen LogP contribution in [0.2, 0.25) is 0 Å². The number of hydrogen-bond donors (Lipinski definition) is 1. The number of hydrogen-bond acceptors (Lipinski definition) is 5. The van der Waals surface area contributed by atoms with Crippen molar-refractivity contribution in [1.82, 2.24) is 15.1 Å². The molecule has 8 nitrogen and oxygen atoms in total. The fourth-order valence-corrected chi connectivity index (χ4v) is 2.66. The Bertz CT molecular complexity index is 734. The fourth-order valence-electron chi connectivity index (χ4n) is 2.66. The summed E-state index contributed by atoms with van der Waals surface area (Å²) in [7, 11) is 1.50. The van der Waals surface area contributed by atoms with E-state index in [9.17, 15) is 14.9 Å². The SMILES string of the molecule is CNC(=O)c1nn(C2CCCCO2)c2ccc([N+](=O)[O-])cc12. The maximum atomic E-state index is 12.0. The number of amides is 1. The first kappa shape index (κ1) is 14.5. The van der Waals surface area contributed by atoms with E-state index in [1.807, 2.05) is 0 Å². The van der Waals surface area contributed by atoms with Crippen molar-refractivity contribution in [2.75, 3.05) is 13.7 Å². The minimum atomic E-state index is -0.485. The number of nitrogens with one attached hydrogen (secondary N) is 1. The third-order valence-corrected chi connectivity index (χ3v) is 3.77. The lowest BCUT2D eigenvalue weighted by Gasteiger charge is -2.23. The van der Waals surface area contributed by atoms with Gasteiger partial charge in [0.2, 0.25) is 0 Å². The molecule has 1 atom stereocenters.